The van der Waals surface area contributed by atoms with Crippen LogP contribution in [0.3, 0.4) is 0 Å². The fourth-order valence-corrected chi connectivity index (χ4v) is 2.93. The van der Waals surface area contributed by atoms with E-state index < -0.39 is 17.4 Å². The molecule has 1 saturated heterocycles. The highest BCUT2D eigenvalue weighted by molar-refractivity contribution is 5.78. The van der Waals surface area contributed by atoms with Crippen LogP contribution in [-0.4, -0.2) is 39.7 Å². The van der Waals surface area contributed by atoms with Crippen LogP contribution >= 0.6 is 0 Å². The number of halogens is 1. The Hall–Kier alpha value is -2.47. The Labute approximate surface area is 139 Å². The highest BCUT2D eigenvalue weighted by atomic mass is 19.1. The van der Waals surface area contributed by atoms with Crippen LogP contribution in [0.1, 0.15) is 18.4 Å². The second-order valence-corrected chi connectivity index (χ2v) is 5.99. The Morgan fingerprint density at radius 2 is 1.96 bits per heavy atom. The lowest BCUT2D eigenvalue weighted by molar-refractivity contribution is -0.159. The molecule has 126 valence electrons. The van der Waals surface area contributed by atoms with Crippen LogP contribution in [-0.2, 0) is 11.3 Å². The van der Waals surface area contributed by atoms with E-state index in [1.165, 1.54) is 18.2 Å². The van der Waals surface area contributed by atoms with E-state index in [0.29, 0.717) is 25.9 Å². The largest absolute Gasteiger partial charge is 0.478 e. The van der Waals surface area contributed by atoms with Crippen LogP contribution < -0.4 is 4.74 Å². The van der Waals surface area contributed by atoms with Crippen molar-refractivity contribution < 1.29 is 19.0 Å². The standard InChI is InChI=1S/C18H19FN2O3/c19-15-2-1-3-16(12-15)24-18(17(22)23)6-10-21(11-7-18)13-14-4-8-20-9-5-14/h1-5,8-9,12H,6-7,10-11,13H2,(H,22,23). The summed E-state index contributed by atoms with van der Waals surface area (Å²) in [6, 6.07) is 9.51. The summed E-state index contributed by atoms with van der Waals surface area (Å²) in [6.07, 6.45) is 4.19. The molecule has 2 heterocycles. The summed E-state index contributed by atoms with van der Waals surface area (Å²) >= 11 is 0. The Morgan fingerprint density at radius 3 is 2.58 bits per heavy atom. The van der Waals surface area contributed by atoms with Crippen LogP contribution in [0, 0.1) is 5.82 Å². The topological polar surface area (TPSA) is 62.7 Å². The minimum absolute atomic E-state index is 0.250. The zero-order valence-corrected chi connectivity index (χ0v) is 13.2. The first kappa shape index (κ1) is 16.4. The number of likely N-dealkylation sites (tertiary alicyclic amines) is 1. The minimum Gasteiger partial charge on any atom is -0.478 e. The molecule has 0 amide bonds. The zero-order chi connectivity index (χ0) is 17.0. The molecule has 1 aromatic carbocycles. The quantitative estimate of drug-likeness (QED) is 0.913. The van der Waals surface area contributed by atoms with E-state index >= 15 is 0 Å². The number of ether oxygens (including phenoxy) is 1. The number of carboxylic acids is 1. The molecule has 1 aromatic heterocycles. The van der Waals surface area contributed by atoms with Crippen LogP contribution in [0.25, 0.3) is 0 Å². The van der Waals surface area contributed by atoms with Crippen molar-refractivity contribution in [1.82, 2.24) is 9.88 Å². The number of aliphatic carboxylic acids is 1. The molecule has 1 aliphatic heterocycles. The lowest BCUT2D eigenvalue weighted by atomic mass is 9.90. The number of benzene rings is 1. The van der Waals surface area contributed by atoms with Gasteiger partial charge >= 0.3 is 5.97 Å². The first-order valence-electron chi connectivity index (χ1n) is 7.87. The number of carboxylic acid groups (broad SMARTS) is 1. The van der Waals surface area contributed by atoms with Crippen LogP contribution in [0.5, 0.6) is 5.75 Å². The van der Waals surface area contributed by atoms with Gasteiger partial charge in [-0.25, -0.2) is 9.18 Å². The van der Waals surface area contributed by atoms with Crippen LogP contribution in [0.15, 0.2) is 48.8 Å². The number of nitrogens with zero attached hydrogens (tertiary/aromatic N) is 2. The van der Waals surface area contributed by atoms with Crippen molar-refractivity contribution in [3.05, 3.63) is 60.2 Å². The first-order chi connectivity index (χ1) is 11.6. The molecule has 0 bridgehead atoms. The fourth-order valence-electron chi connectivity index (χ4n) is 2.93. The Bertz CT molecular complexity index is 700. The van der Waals surface area contributed by atoms with Gasteiger partial charge in [-0.05, 0) is 29.8 Å². The summed E-state index contributed by atoms with van der Waals surface area (Å²) < 4.78 is 19.0. The van der Waals surface area contributed by atoms with Crippen molar-refractivity contribution >= 4 is 5.97 Å². The fraction of sp³-hybridized carbons (Fsp3) is 0.333. The van der Waals surface area contributed by atoms with E-state index in [-0.39, 0.29) is 5.75 Å². The van der Waals surface area contributed by atoms with Crippen molar-refractivity contribution in [2.24, 2.45) is 0 Å². The molecular formula is C18H19FN2O3. The van der Waals surface area contributed by atoms with Crippen molar-refractivity contribution in [2.75, 3.05) is 13.1 Å². The molecule has 0 unspecified atom stereocenters. The van der Waals surface area contributed by atoms with Gasteiger partial charge in [0.05, 0.1) is 0 Å². The third kappa shape index (κ3) is 3.71. The third-order valence-corrected chi connectivity index (χ3v) is 4.32. The molecule has 3 rings (SSSR count). The van der Waals surface area contributed by atoms with E-state index in [2.05, 4.69) is 9.88 Å². The van der Waals surface area contributed by atoms with Gasteiger partial charge < -0.3 is 9.84 Å². The lowest BCUT2D eigenvalue weighted by Crippen LogP contribution is -2.53. The molecule has 24 heavy (non-hydrogen) atoms. The number of pyridine rings is 1. The van der Waals surface area contributed by atoms with E-state index in [0.717, 1.165) is 12.1 Å². The number of hydrogen-bond acceptors (Lipinski definition) is 4. The normalized spacial score (nSPS) is 17.4. The lowest BCUT2D eigenvalue weighted by Gasteiger charge is -2.38. The first-order valence-corrected chi connectivity index (χ1v) is 7.87. The predicted octanol–water partition coefficient (Wildman–Crippen LogP) is 2.72. The summed E-state index contributed by atoms with van der Waals surface area (Å²) in [4.78, 5) is 18.0. The zero-order valence-electron chi connectivity index (χ0n) is 13.2. The number of rotatable bonds is 5. The average Bonchev–Trinajstić information content (AvgIpc) is 2.57. The van der Waals surface area contributed by atoms with Crippen molar-refractivity contribution in [3.8, 4) is 5.75 Å². The van der Waals surface area contributed by atoms with E-state index in [1.54, 1.807) is 18.5 Å². The van der Waals surface area contributed by atoms with Crippen molar-refractivity contribution in [2.45, 2.75) is 25.0 Å². The average molecular weight is 330 g/mol. The molecule has 1 fully saturated rings. The van der Waals surface area contributed by atoms with Gasteiger partial charge in [0.2, 0.25) is 5.60 Å². The minimum atomic E-state index is -1.30. The van der Waals surface area contributed by atoms with Crippen LogP contribution in [0.2, 0.25) is 0 Å². The summed E-state index contributed by atoms with van der Waals surface area (Å²) in [7, 11) is 0. The van der Waals surface area contributed by atoms with Crippen molar-refractivity contribution in [1.29, 1.82) is 0 Å². The monoisotopic (exact) mass is 330 g/mol. The Morgan fingerprint density at radius 1 is 1.25 bits per heavy atom. The molecule has 6 heteroatoms. The smallest absolute Gasteiger partial charge is 0.348 e. The molecule has 0 atom stereocenters. The van der Waals surface area contributed by atoms with Gasteiger partial charge in [-0.15, -0.1) is 0 Å². The molecule has 1 aliphatic rings. The Balaban J connectivity index is 1.67. The van der Waals surface area contributed by atoms with E-state index in [4.69, 9.17) is 4.74 Å². The van der Waals surface area contributed by atoms with Gasteiger partial charge in [-0.2, -0.15) is 0 Å². The van der Waals surface area contributed by atoms with E-state index in [1.807, 2.05) is 12.1 Å². The molecular weight excluding hydrogens is 311 g/mol. The highest BCUT2D eigenvalue weighted by Crippen LogP contribution is 2.30. The molecule has 2 aromatic rings. The SMILES string of the molecule is O=C(O)C1(Oc2cccc(F)c2)CCN(Cc2ccncc2)CC1. The second kappa shape index (κ2) is 6.97. The van der Waals surface area contributed by atoms with Crippen LogP contribution in [0.4, 0.5) is 4.39 Å². The predicted molar refractivity (Wildman–Crippen MR) is 86.1 cm³/mol. The van der Waals surface area contributed by atoms with E-state index in [9.17, 15) is 14.3 Å². The molecule has 0 aliphatic carbocycles. The summed E-state index contributed by atoms with van der Waals surface area (Å²) in [6.45, 7) is 1.95. The molecule has 5 nitrogen and oxygen atoms in total. The van der Waals surface area contributed by atoms with Gasteiger partial charge in [0.25, 0.3) is 0 Å². The Kier molecular flexibility index (Phi) is 4.76. The second-order valence-electron chi connectivity index (χ2n) is 5.99. The maximum absolute atomic E-state index is 13.3. The van der Waals surface area contributed by atoms with Gasteiger partial charge in [-0.3, -0.25) is 9.88 Å². The maximum atomic E-state index is 13.3. The van der Waals surface area contributed by atoms with Gasteiger partial charge in [0.15, 0.2) is 0 Å². The number of aromatic nitrogens is 1. The summed E-state index contributed by atoms with van der Waals surface area (Å²) in [5.74, 6) is -1.20. The third-order valence-electron chi connectivity index (χ3n) is 4.32. The molecule has 0 radical (unpaired) electrons. The van der Waals surface area contributed by atoms with Gasteiger partial charge in [-0.1, -0.05) is 6.07 Å². The number of carbonyl (C=O) groups is 1. The molecule has 1 N–H and O–H groups in total. The van der Waals surface area contributed by atoms with Gasteiger partial charge in [0, 0.05) is 50.9 Å². The molecule has 0 saturated carbocycles. The molecule has 0 spiro atoms. The maximum Gasteiger partial charge on any atom is 0.348 e. The summed E-state index contributed by atoms with van der Waals surface area (Å²) in [5, 5.41) is 9.65. The number of hydrogen-bond donors (Lipinski definition) is 1. The summed E-state index contributed by atoms with van der Waals surface area (Å²) in [5.41, 5.74) is -0.165. The highest BCUT2D eigenvalue weighted by Gasteiger charge is 2.44. The van der Waals surface area contributed by atoms with Gasteiger partial charge in [0.1, 0.15) is 11.6 Å². The number of piperidine rings is 1. The van der Waals surface area contributed by atoms with Crippen molar-refractivity contribution in [3.63, 3.8) is 0 Å².